The monoisotopic (exact) mass is 821 g/mol. The Bertz CT molecular complexity index is 1950. The van der Waals surface area contributed by atoms with E-state index in [1.54, 1.807) is 0 Å². The smallest absolute Gasteiger partial charge is 0 e. The van der Waals surface area contributed by atoms with Crippen molar-refractivity contribution in [1.82, 2.24) is 4.98 Å². The van der Waals surface area contributed by atoms with Crippen LogP contribution in [0.3, 0.4) is 0 Å². The number of furan rings is 1. The van der Waals surface area contributed by atoms with E-state index in [2.05, 4.69) is 103 Å². The van der Waals surface area contributed by atoms with E-state index in [0.29, 0.717) is 0 Å². The van der Waals surface area contributed by atoms with Crippen LogP contribution in [0.1, 0.15) is 19.4 Å². The molecule has 1 N–H and O–H groups in total. The van der Waals surface area contributed by atoms with Crippen molar-refractivity contribution in [3.8, 4) is 33.7 Å². The van der Waals surface area contributed by atoms with Crippen LogP contribution in [0.5, 0.6) is 0 Å². The Balaban J connectivity index is 0.000000497. The number of carbonyl (C=O) groups is 1. The van der Waals surface area contributed by atoms with Gasteiger partial charge in [0.2, 0.25) is 0 Å². The third kappa shape index (κ3) is 7.30. The van der Waals surface area contributed by atoms with Crippen LogP contribution in [0.4, 0.5) is 0 Å². The van der Waals surface area contributed by atoms with Gasteiger partial charge in [0.15, 0.2) is 5.78 Å². The van der Waals surface area contributed by atoms with Gasteiger partial charge in [-0.05, 0) is 13.8 Å². The Morgan fingerprint density at radius 3 is 2.09 bits per heavy atom. The molecule has 0 saturated heterocycles. The summed E-state index contributed by atoms with van der Waals surface area (Å²) in [4.78, 5) is 14.9. The van der Waals surface area contributed by atoms with Crippen molar-refractivity contribution in [2.45, 2.75) is 38.0 Å². The number of aliphatic hydroxyl groups is 1. The normalized spacial score (nSPS) is 11.5. The minimum absolute atomic E-state index is 0. The van der Waals surface area contributed by atoms with Crippen molar-refractivity contribution in [2.75, 3.05) is 0 Å². The maximum atomic E-state index is 10.0. The van der Waals surface area contributed by atoms with E-state index >= 15 is 0 Å². The molecular formula is C38H36GeIrNO3-. The Kier molecular flexibility index (Phi) is 10.5. The molecule has 1 radical (unpaired) electrons. The van der Waals surface area contributed by atoms with Crippen molar-refractivity contribution in [1.29, 1.82) is 0 Å². The first-order valence-corrected chi connectivity index (χ1v) is 21.7. The molecule has 0 spiro atoms. The number of pyridine rings is 1. The molecule has 0 aliphatic rings. The van der Waals surface area contributed by atoms with E-state index in [0.717, 1.165) is 55.6 Å². The van der Waals surface area contributed by atoms with Gasteiger partial charge in [-0.15, -0.1) is 0 Å². The summed E-state index contributed by atoms with van der Waals surface area (Å²) in [5, 5.41) is 11.8. The van der Waals surface area contributed by atoms with Crippen molar-refractivity contribution in [3.63, 3.8) is 0 Å². The second kappa shape index (κ2) is 13.9. The van der Waals surface area contributed by atoms with Crippen LogP contribution in [-0.2, 0) is 24.9 Å². The van der Waals surface area contributed by atoms with Gasteiger partial charge in [0, 0.05) is 26.2 Å². The fourth-order valence-corrected chi connectivity index (χ4v) is 7.75. The number of nitrogens with zero attached hydrogens (tertiary/aromatic N) is 1. The topological polar surface area (TPSA) is 63.3 Å². The third-order valence-electron chi connectivity index (χ3n) is 7.37. The van der Waals surface area contributed by atoms with Crippen LogP contribution in [0.2, 0.25) is 17.3 Å². The Hall–Kier alpha value is -3.77. The largest absolute Gasteiger partial charge is 0 e. The van der Waals surface area contributed by atoms with Gasteiger partial charge in [0.1, 0.15) is 0 Å². The van der Waals surface area contributed by atoms with Crippen molar-refractivity contribution in [2.24, 2.45) is 0 Å². The number of allylic oxidation sites excluding steroid dienone is 2. The quantitative estimate of drug-likeness (QED) is 0.0815. The fraction of sp³-hybridized carbons (Fsp3) is 0.158. The molecule has 0 atom stereocenters. The number of ketones is 1. The van der Waals surface area contributed by atoms with E-state index in [-0.39, 0.29) is 31.6 Å². The number of benzene rings is 4. The predicted molar refractivity (Wildman–Crippen MR) is 181 cm³/mol. The first-order valence-electron chi connectivity index (χ1n) is 14.4. The first kappa shape index (κ1) is 33.1. The SMILES string of the molecule is CC(=O)/C=C(/C)O.Cc1c(-c2ccccc2)oc2[c-]c(-c3nccc4c[c]([Ge]([CH3])([CH3])[CH3])ccc34)cc(-c3ccccc3)c12.[Ir]. The summed E-state index contributed by atoms with van der Waals surface area (Å²) in [5.74, 6) is 8.12. The molecule has 4 aromatic carbocycles. The third-order valence-corrected chi connectivity index (χ3v) is 11.7. The summed E-state index contributed by atoms with van der Waals surface area (Å²) >= 11 is -1.94. The molecule has 0 unspecified atom stereocenters. The van der Waals surface area contributed by atoms with Crippen LogP contribution in [0.15, 0.2) is 113 Å². The number of aryl methyl sites for hydroxylation is 1. The molecule has 2 aromatic heterocycles. The van der Waals surface area contributed by atoms with Crippen LogP contribution in [0.25, 0.3) is 55.4 Å². The van der Waals surface area contributed by atoms with Crippen molar-refractivity contribution < 1.29 is 34.4 Å². The van der Waals surface area contributed by atoms with E-state index < -0.39 is 13.3 Å². The van der Waals surface area contributed by atoms with Crippen LogP contribution in [-0.4, -0.2) is 29.1 Å². The molecule has 44 heavy (non-hydrogen) atoms. The fourth-order valence-electron chi connectivity index (χ4n) is 5.29. The standard InChI is InChI=1S/C33H28GeNO.C5H8O2.Ir/c1-22-31-29(23-11-7-5-8-12-23)20-26(21-30(31)36-33(22)24-13-9-6-10-14-24)32-28-16-15-27(34(2,3)4)19-25(28)17-18-35-32;1-4(6)3-5(2)7;/h5-20H,1-4H3;3,6H,1-2H3;/q-1;;/b;4-3-;. The molecule has 0 fully saturated rings. The molecule has 4 nitrogen and oxygen atoms in total. The van der Waals surface area contributed by atoms with E-state index in [4.69, 9.17) is 14.5 Å². The summed E-state index contributed by atoms with van der Waals surface area (Å²) in [5.41, 5.74) is 7.16. The average Bonchev–Trinajstić information content (AvgIpc) is 3.32. The number of fused-ring (bicyclic) bond motifs is 2. The van der Waals surface area contributed by atoms with Gasteiger partial charge in [-0.2, -0.15) is 0 Å². The minimum Gasteiger partial charge on any atom is 0 e. The zero-order chi connectivity index (χ0) is 30.7. The Labute approximate surface area is 275 Å². The molecule has 0 bridgehead atoms. The number of aromatic nitrogens is 1. The molecule has 0 aliphatic heterocycles. The molecule has 2 heterocycles. The number of carbonyl (C=O) groups excluding carboxylic acids is 1. The average molecular weight is 820 g/mol. The number of aliphatic hydroxyl groups excluding tert-OH is 1. The second-order valence-electron chi connectivity index (χ2n) is 11.8. The summed E-state index contributed by atoms with van der Waals surface area (Å²) < 4.78 is 8.01. The summed E-state index contributed by atoms with van der Waals surface area (Å²) in [6.45, 7) is 4.99. The summed E-state index contributed by atoms with van der Waals surface area (Å²) in [6, 6.07) is 35.7. The van der Waals surface area contributed by atoms with Gasteiger partial charge in [-0.1, -0.05) is 18.2 Å². The number of hydrogen-bond donors (Lipinski definition) is 1. The maximum absolute atomic E-state index is 10.0. The van der Waals surface area contributed by atoms with Gasteiger partial charge in [0.05, 0.1) is 5.76 Å². The molecule has 6 aromatic rings. The molecule has 0 saturated carbocycles. The number of hydrogen-bond acceptors (Lipinski definition) is 4. The predicted octanol–water partition coefficient (Wildman–Crippen LogP) is 9.67. The second-order valence-corrected chi connectivity index (χ2v) is 22.5. The van der Waals surface area contributed by atoms with Gasteiger partial charge in [0.25, 0.3) is 0 Å². The van der Waals surface area contributed by atoms with Crippen LogP contribution >= 0.6 is 0 Å². The maximum Gasteiger partial charge on any atom is 0 e. The first-order chi connectivity index (χ1) is 20.5. The molecular weight excluding hydrogens is 783 g/mol. The van der Waals surface area contributed by atoms with Crippen LogP contribution in [0, 0.1) is 13.0 Å². The zero-order valence-electron chi connectivity index (χ0n) is 25.9. The van der Waals surface area contributed by atoms with Gasteiger partial charge in [-0.3, -0.25) is 4.79 Å². The zero-order valence-corrected chi connectivity index (χ0v) is 30.4. The summed E-state index contributed by atoms with van der Waals surface area (Å²) in [7, 11) is 0. The molecule has 6 rings (SSSR count). The molecule has 0 aliphatic carbocycles. The van der Waals surface area contributed by atoms with E-state index in [1.165, 1.54) is 29.7 Å². The number of rotatable bonds is 5. The molecule has 6 heteroatoms. The van der Waals surface area contributed by atoms with Gasteiger partial charge >= 0.3 is 197 Å². The molecule has 225 valence electrons. The summed E-state index contributed by atoms with van der Waals surface area (Å²) in [6.07, 6.45) is 3.08. The van der Waals surface area contributed by atoms with Gasteiger partial charge in [-0.25, -0.2) is 0 Å². The molecule has 0 amide bonds. The Morgan fingerprint density at radius 2 is 1.52 bits per heavy atom. The minimum atomic E-state index is -1.94. The van der Waals surface area contributed by atoms with Crippen LogP contribution < -0.4 is 4.40 Å². The van der Waals surface area contributed by atoms with Crippen molar-refractivity contribution >= 4 is 45.2 Å². The van der Waals surface area contributed by atoms with Gasteiger partial charge < -0.3 is 5.11 Å². The Morgan fingerprint density at radius 1 is 0.886 bits per heavy atom. The van der Waals surface area contributed by atoms with E-state index in [9.17, 15) is 4.79 Å². The van der Waals surface area contributed by atoms with E-state index in [1.807, 2.05) is 24.4 Å². The van der Waals surface area contributed by atoms with Crippen molar-refractivity contribution in [3.05, 3.63) is 121 Å².